The van der Waals surface area contributed by atoms with Crippen molar-refractivity contribution in [2.24, 2.45) is 0 Å². The van der Waals surface area contributed by atoms with E-state index in [9.17, 15) is 9.59 Å². The zero-order chi connectivity index (χ0) is 26.7. The molecule has 2 aromatic rings. The Morgan fingerprint density at radius 1 is 0.919 bits per heavy atom. The molecule has 3 rings (SSSR count). The summed E-state index contributed by atoms with van der Waals surface area (Å²) in [5, 5.41) is 9.44. The molecule has 3 N–H and O–H groups in total. The SMILES string of the molecule is CCc1cccc(C2(CNC(=O)OC(C)(C)C)CCC(NCCNC(=O)OCc3ccccc3)CC2)c1. The summed E-state index contributed by atoms with van der Waals surface area (Å²) in [6, 6.07) is 18.8. The van der Waals surface area contributed by atoms with Crippen molar-refractivity contribution in [3.8, 4) is 0 Å². The Hall–Kier alpha value is -3.06. The summed E-state index contributed by atoms with van der Waals surface area (Å²) in [6.45, 7) is 9.80. The molecule has 7 heteroatoms. The maximum atomic E-state index is 12.4. The van der Waals surface area contributed by atoms with Gasteiger partial charge in [-0.05, 0) is 69.6 Å². The Kier molecular flexibility index (Phi) is 10.4. The topological polar surface area (TPSA) is 88.7 Å². The van der Waals surface area contributed by atoms with Gasteiger partial charge >= 0.3 is 12.2 Å². The number of amides is 2. The molecule has 0 heterocycles. The minimum absolute atomic E-state index is 0.125. The molecular formula is C30H43N3O4. The van der Waals surface area contributed by atoms with Crippen LogP contribution in [0.15, 0.2) is 54.6 Å². The number of benzene rings is 2. The van der Waals surface area contributed by atoms with Crippen molar-refractivity contribution in [1.29, 1.82) is 0 Å². The lowest BCUT2D eigenvalue weighted by molar-refractivity contribution is 0.0505. The summed E-state index contributed by atoms with van der Waals surface area (Å²) >= 11 is 0. The third-order valence-electron chi connectivity index (χ3n) is 6.90. The third-order valence-corrected chi connectivity index (χ3v) is 6.90. The third kappa shape index (κ3) is 9.39. The summed E-state index contributed by atoms with van der Waals surface area (Å²) in [4.78, 5) is 24.4. The molecule has 202 valence electrons. The number of hydrogen-bond acceptors (Lipinski definition) is 5. The van der Waals surface area contributed by atoms with Gasteiger partial charge in [0.2, 0.25) is 0 Å². The van der Waals surface area contributed by atoms with Crippen LogP contribution in [-0.4, -0.2) is 43.5 Å². The van der Waals surface area contributed by atoms with Gasteiger partial charge in [0, 0.05) is 31.1 Å². The van der Waals surface area contributed by atoms with Gasteiger partial charge in [0.25, 0.3) is 0 Å². The minimum Gasteiger partial charge on any atom is -0.445 e. The summed E-state index contributed by atoms with van der Waals surface area (Å²) in [7, 11) is 0. The van der Waals surface area contributed by atoms with E-state index in [2.05, 4.69) is 47.1 Å². The number of alkyl carbamates (subject to hydrolysis) is 2. The fourth-order valence-electron chi connectivity index (χ4n) is 4.83. The minimum atomic E-state index is -0.525. The maximum absolute atomic E-state index is 12.4. The van der Waals surface area contributed by atoms with Crippen LogP contribution in [0, 0.1) is 0 Å². The molecule has 0 atom stereocenters. The molecule has 0 unspecified atom stereocenters. The van der Waals surface area contributed by atoms with Crippen LogP contribution in [0.2, 0.25) is 0 Å². The van der Waals surface area contributed by atoms with E-state index in [-0.39, 0.29) is 18.1 Å². The summed E-state index contributed by atoms with van der Waals surface area (Å²) in [5.41, 5.74) is 2.90. The van der Waals surface area contributed by atoms with Crippen LogP contribution in [0.4, 0.5) is 9.59 Å². The molecule has 0 spiro atoms. The highest BCUT2D eigenvalue weighted by atomic mass is 16.6. The van der Waals surface area contributed by atoms with E-state index >= 15 is 0 Å². The summed E-state index contributed by atoms with van der Waals surface area (Å²) in [5.74, 6) is 0. The van der Waals surface area contributed by atoms with Crippen molar-refractivity contribution in [3.05, 3.63) is 71.3 Å². The van der Waals surface area contributed by atoms with Gasteiger partial charge in [0.15, 0.2) is 0 Å². The van der Waals surface area contributed by atoms with Gasteiger partial charge in [0.1, 0.15) is 12.2 Å². The molecule has 1 fully saturated rings. The molecule has 7 nitrogen and oxygen atoms in total. The normalized spacial score (nSPS) is 19.6. The van der Waals surface area contributed by atoms with Crippen molar-refractivity contribution >= 4 is 12.2 Å². The highest BCUT2D eigenvalue weighted by Crippen LogP contribution is 2.39. The molecule has 1 aliphatic rings. The lowest BCUT2D eigenvalue weighted by Crippen LogP contribution is -2.48. The quantitative estimate of drug-likeness (QED) is 0.370. The molecule has 2 aromatic carbocycles. The summed E-state index contributed by atoms with van der Waals surface area (Å²) < 4.78 is 10.8. The number of nitrogens with one attached hydrogen (secondary N) is 3. The van der Waals surface area contributed by atoms with E-state index in [1.54, 1.807) is 0 Å². The van der Waals surface area contributed by atoms with Crippen LogP contribution in [0.3, 0.4) is 0 Å². The van der Waals surface area contributed by atoms with Gasteiger partial charge < -0.3 is 25.4 Å². The highest BCUT2D eigenvalue weighted by Gasteiger charge is 2.37. The number of aryl methyl sites for hydroxylation is 1. The van der Waals surface area contributed by atoms with Crippen molar-refractivity contribution < 1.29 is 19.1 Å². The first kappa shape index (κ1) is 28.5. The number of hydrogen-bond donors (Lipinski definition) is 3. The Balaban J connectivity index is 1.48. The van der Waals surface area contributed by atoms with E-state index in [0.717, 1.165) is 37.7 Å². The van der Waals surface area contributed by atoms with Crippen LogP contribution >= 0.6 is 0 Å². The first-order valence-electron chi connectivity index (χ1n) is 13.4. The second-order valence-corrected chi connectivity index (χ2v) is 10.9. The molecular weight excluding hydrogens is 466 g/mol. The van der Waals surface area contributed by atoms with Crippen LogP contribution in [0.1, 0.15) is 70.1 Å². The molecule has 0 bridgehead atoms. The first-order valence-corrected chi connectivity index (χ1v) is 13.4. The molecule has 1 saturated carbocycles. The van der Waals surface area contributed by atoms with Crippen molar-refractivity contribution in [3.63, 3.8) is 0 Å². The number of rotatable bonds is 10. The fourth-order valence-corrected chi connectivity index (χ4v) is 4.83. The summed E-state index contributed by atoms with van der Waals surface area (Å²) in [6.07, 6.45) is 4.10. The van der Waals surface area contributed by atoms with Crippen molar-refractivity contribution in [2.45, 2.75) is 83.5 Å². The maximum Gasteiger partial charge on any atom is 0.407 e. The Morgan fingerprint density at radius 3 is 2.30 bits per heavy atom. The van der Waals surface area contributed by atoms with Gasteiger partial charge in [-0.2, -0.15) is 0 Å². The van der Waals surface area contributed by atoms with Gasteiger partial charge in [-0.25, -0.2) is 9.59 Å². The molecule has 0 saturated heterocycles. The van der Waals surface area contributed by atoms with E-state index < -0.39 is 11.7 Å². The smallest absolute Gasteiger partial charge is 0.407 e. The van der Waals surface area contributed by atoms with Crippen molar-refractivity contribution in [2.75, 3.05) is 19.6 Å². The molecule has 37 heavy (non-hydrogen) atoms. The predicted octanol–water partition coefficient (Wildman–Crippen LogP) is 5.47. The van der Waals surface area contributed by atoms with Crippen LogP contribution in [-0.2, 0) is 27.9 Å². The lowest BCUT2D eigenvalue weighted by Gasteiger charge is -2.41. The second kappa shape index (κ2) is 13.5. The largest absolute Gasteiger partial charge is 0.445 e. The average Bonchev–Trinajstić information content (AvgIpc) is 2.89. The van der Waals surface area contributed by atoms with Gasteiger partial charge in [-0.15, -0.1) is 0 Å². The number of ether oxygens (including phenoxy) is 2. The average molecular weight is 510 g/mol. The molecule has 1 aliphatic carbocycles. The fraction of sp³-hybridized carbons (Fsp3) is 0.533. The van der Waals surface area contributed by atoms with Crippen LogP contribution in [0.5, 0.6) is 0 Å². The Labute approximate surface area is 221 Å². The van der Waals surface area contributed by atoms with Crippen LogP contribution in [0.25, 0.3) is 0 Å². The zero-order valence-electron chi connectivity index (χ0n) is 22.8. The lowest BCUT2D eigenvalue weighted by atomic mass is 9.67. The monoisotopic (exact) mass is 509 g/mol. The van der Waals surface area contributed by atoms with Crippen LogP contribution < -0.4 is 16.0 Å². The second-order valence-electron chi connectivity index (χ2n) is 10.9. The van der Waals surface area contributed by atoms with E-state index in [1.165, 1.54) is 11.1 Å². The van der Waals surface area contributed by atoms with Gasteiger partial charge in [-0.1, -0.05) is 61.5 Å². The number of carbonyl (C=O) groups is 2. The highest BCUT2D eigenvalue weighted by molar-refractivity contribution is 5.68. The molecule has 0 aromatic heterocycles. The van der Waals surface area contributed by atoms with E-state index in [1.807, 2.05) is 51.1 Å². The molecule has 0 radical (unpaired) electrons. The predicted molar refractivity (Wildman–Crippen MR) is 147 cm³/mol. The van der Waals surface area contributed by atoms with Crippen molar-refractivity contribution in [1.82, 2.24) is 16.0 Å². The Bertz CT molecular complexity index is 995. The molecule has 0 aliphatic heterocycles. The number of carbonyl (C=O) groups excluding carboxylic acids is 2. The first-order chi connectivity index (χ1) is 17.7. The van der Waals surface area contributed by atoms with E-state index in [0.29, 0.717) is 25.7 Å². The van der Waals surface area contributed by atoms with E-state index in [4.69, 9.17) is 9.47 Å². The zero-order valence-corrected chi connectivity index (χ0v) is 22.8. The Morgan fingerprint density at radius 2 is 1.62 bits per heavy atom. The van der Waals surface area contributed by atoms with Gasteiger partial charge in [-0.3, -0.25) is 0 Å². The molecule has 2 amide bonds. The standard InChI is InChI=1S/C30H43N3O4/c1-5-23-12-9-13-25(20-23)30(22-33-28(35)37-29(2,3)4)16-14-26(15-17-30)31-18-19-32-27(34)36-21-24-10-7-6-8-11-24/h6-13,20,26,31H,5,14-19,21-22H2,1-4H3,(H,32,34)(H,33,35). The van der Waals surface area contributed by atoms with Gasteiger partial charge in [0.05, 0.1) is 0 Å².